The molecule has 3 N–H and O–H groups in total. The van der Waals surface area contributed by atoms with E-state index in [0.717, 1.165) is 11.5 Å². The molecule has 8 heteroatoms. The first kappa shape index (κ1) is 13.0. The molecule has 3 aromatic rings. The van der Waals surface area contributed by atoms with E-state index >= 15 is 0 Å². The minimum atomic E-state index is -0.619. The summed E-state index contributed by atoms with van der Waals surface area (Å²) in [5.74, 6) is 0.565. The Balaban J connectivity index is 1.88. The SMILES string of the molecule is CC(Nc1cncc(C(N)=O)n1)c1nnc2ccccn12. The molecule has 3 aromatic heterocycles. The van der Waals surface area contributed by atoms with Crippen LogP contribution in [-0.2, 0) is 0 Å². The monoisotopic (exact) mass is 283 g/mol. The average Bonchev–Trinajstić information content (AvgIpc) is 2.91. The molecule has 1 unspecified atom stereocenters. The molecule has 0 fully saturated rings. The highest BCUT2D eigenvalue weighted by Crippen LogP contribution is 2.16. The van der Waals surface area contributed by atoms with Gasteiger partial charge in [-0.2, -0.15) is 0 Å². The predicted octanol–water partition coefficient (Wildman–Crippen LogP) is 0.791. The topological polar surface area (TPSA) is 111 Å². The van der Waals surface area contributed by atoms with E-state index in [2.05, 4.69) is 25.5 Å². The molecular weight excluding hydrogens is 270 g/mol. The van der Waals surface area contributed by atoms with Gasteiger partial charge >= 0.3 is 0 Å². The van der Waals surface area contributed by atoms with Gasteiger partial charge in [0.05, 0.1) is 18.4 Å². The maximum atomic E-state index is 11.1. The van der Waals surface area contributed by atoms with Gasteiger partial charge in [0.25, 0.3) is 5.91 Å². The Bertz CT molecular complexity index is 798. The minimum absolute atomic E-state index is 0.110. The first-order valence-corrected chi connectivity index (χ1v) is 6.33. The highest BCUT2D eigenvalue weighted by molar-refractivity contribution is 5.90. The third-order valence-corrected chi connectivity index (χ3v) is 2.98. The number of nitrogens with zero attached hydrogens (tertiary/aromatic N) is 5. The van der Waals surface area contributed by atoms with Crippen LogP contribution in [0.15, 0.2) is 36.8 Å². The van der Waals surface area contributed by atoms with Gasteiger partial charge < -0.3 is 11.1 Å². The molecule has 3 heterocycles. The summed E-state index contributed by atoms with van der Waals surface area (Å²) in [6.45, 7) is 1.92. The van der Waals surface area contributed by atoms with E-state index < -0.39 is 5.91 Å². The Hall–Kier alpha value is -3.03. The second-order valence-electron chi connectivity index (χ2n) is 4.51. The van der Waals surface area contributed by atoms with Gasteiger partial charge in [0.1, 0.15) is 11.5 Å². The van der Waals surface area contributed by atoms with Gasteiger partial charge in [-0.05, 0) is 19.1 Å². The fourth-order valence-electron chi connectivity index (χ4n) is 2.00. The summed E-state index contributed by atoms with van der Waals surface area (Å²) >= 11 is 0. The van der Waals surface area contributed by atoms with E-state index in [-0.39, 0.29) is 11.7 Å². The van der Waals surface area contributed by atoms with Gasteiger partial charge in [0, 0.05) is 6.20 Å². The molecule has 0 aromatic carbocycles. The second-order valence-corrected chi connectivity index (χ2v) is 4.51. The lowest BCUT2D eigenvalue weighted by Gasteiger charge is -2.12. The van der Waals surface area contributed by atoms with Crippen molar-refractivity contribution in [2.75, 3.05) is 5.32 Å². The Morgan fingerprint density at radius 3 is 3.00 bits per heavy atom. The van der Waals surface area contributed by atoms with Crippen LogP contribution in [0, 0.1) is 0 Å². The average molecular weight is 283 g/mol. The number of anilines is 1. The summed E-state index contributed by atoms with van der Waals surface area (Å²) in [4.78, 5) is 19.1. The number of nitrogens with one attached hydrogen (secondary N) is 1. The number of primary amides is 1. The number of rotatable bonds is 4. The molecule has 106 valence electrons. The standard InChI is InChI=1S/C13H13N7O/c1-8(13-19-18-11-4-2-3-5-20(11)13)16-10-7-15-6-9(17-10)12(14)21/h2-8H,1H3,(H2,14,21)(H,16,17). The van der Waals surface area contributed by atoms with Crippen molar-refractivity contribution >= 4 is 17.4 Å². The van der Waals surface area contributed by atoms with E-state index in [1.165, 1.54) is 12.4 Å². The van der Waals surface area contributed by atoms with Crippen molar-refractivity contribution in [1.82, 2.24) is 24.6 Å². The largest absolute Gasteiger partial charge is 0.364 e. The molecule has 0 aliphatic carbocycles. The number of carbonyl (C=O) groups is 1. The highest BCUT2D eigenvalue weighted by Gasteiger charge is 2.14. The van der Waals surface area contributed by atoms with Gasteiger partial charge in [-0.25, -0.2) is 4.98 Å². The third-order valence-electron chi connectivity index (χ3n) is 2.98. The minimum Gasteiger partial charge on any atom is -0.364 e. The predicted molar refractivity (Wildman–Crippen MR) is 75.6 cm³/mol. The lowest BCUT2D eigenvalue weighted by molar-refractivity contribution is 0.0995. The number of nitrogens with two attached hydrogens (primary N) is 1. The van der Waals surface area contributed by atoms with E-state index in [4.69, 9.17) is 5.73 Å². The van der Waals surface area contributed by atoms with Gasteiger partial charge in [-0.15, -0.1) is 10.2 Å². The smallest absolute Gasteiger partial charge is 0.268 e. The summed E-state index contributed by atoms with van der Waals surface area (Å²) < 4.78 is 1.88. The zero-order valence-corrected chi connectivity index (χ0v) is 11.3. The van der Waals surface area contributed by atoms with Gasteiger partial charge in [0.2, 0.25) is 0 Å². The lowest BCUT2D eigenvalue weighted by Crippen LogP contribution is -2.16. The van der Waals surface area contributed by atoms with Crippen LogP contribution in [0.4, 0.5) is 5.82 Å². The van der Waals surface area contributed by atoms with Crippen LogP contribution in [0.3, 0.4) is 0 Å². The maximum absolute atomic E-state index is 11.1. The number of amides is 1. The van der Waals surface area contributed by atoms with Crippen molar-refractivity contribution in [3.05, 3.63) is 48.3 Å². The Labute approximate surface area is 120 Å². The van der Waals surface area contributed by atoms with Crippen LogP contribution >= 0.6 is 0 Å². The first-order valence-electron chi connectivity index (χ1n) is 6.33. The van der Waals surface area contributed by atoms with E-state index in [1.807, 2.05) is 35.7 Å². The molecule has 1 atom stereocenters. The highest BCUT2D eigenvalue weighted by atomic mass is 16.1. The molecule has 0 spiro atoms. The van der Waals surface area contributed by atoms with Crippen LogP contribution in [-0.4, -0.2) is 30.5 Å². The number of pyridine rings is 1. The van der Waals surface area contributed by atoms with Gasteiger partial charge in [0.15, 0.2) is 11.5 Å². The number of hydrogen-bond donors (Lipinski definition) is 2. The fourth-order valence-corrected chi connectivity index (χ4v) is 2.00. The van der Waals surface area contributed by atoms with Gasteiger partial charge in [-0.1, -0.05) is 6.07 Å². The zero-order valence-electron chi connectivity index (χ0n) is 11.3. The van der Waals surface area contributed by atoms with Crippen molar-refractivity contribution < 1.29 is 4.79 Å². The van der Waals surface area contributed by atoms with Gasteiger partial charge in [-0.3, -0.25) is 14.2 Å². The number of aromatic nitrogens is 5. The van der Waals surface area contributed by atoms with E-state index in [1.54, 1.807) is 0 Å². The Morgan fingerprint density at radius 2 is 2.19 bits per heavy atom. The van der Waals surface area contributed by atoms with E-state index in [9.17, 15) is 4.79 Å². The Kier molecular flexibility index (Phi) is 3.19. The van der Waals surface area contributed by atoms with E-state index in [0.29, 0.717) is 5.82 Å². The normalized spacial score (nSPS) is 12.2. The zero-order chi connectivity index (χ0) is 14.8. The molecular formula is C13H13N7O. The molecule has 0 bridgehead atoms. The quantitative estimate of drug-likeness (QED) is 0.732. The van der Waals surface area contributed by atoms with Crippen molar-refractivity contribution in [3.8, 4) is 0 Å². The molecule has 0 saturated heterocycles. The summed E-state index contributed by atoms with van der Waals surface area (Å²) in [5, 5.41) is 11.4. The van der Waals surface area contributed by atoms with Crippen LogP contribution in [0.5, 0.6) is 0 Å². The number of hydrogen-bond acceptors (Lipinski definition) is 6. The van der Waals surface area contributed by atoms with Crippen LogP contribution in [0.2, 0.25) is 0 Å². The fraction of sp³-hybridized carbons (Fsp3) is 0.154. The summed E-state index contributed by atoms with van der Waals surface area (Å²) in [7, 11) is 0. The molecule has 3 rings (SSSR count). The summed E-state index contributed by atoms with van der Waals surface area (Å²) in [6, 6.07) is 5.50. The van der Waals surface area contributed by atoms with Crippen LogP contribution in [0.25, 0.3) is 5.65 Å². The number of fused-ring (bicyclic) bond motifs is 1. The number of carbonyl (C=O) groups excluding carboxylic acids is 1. The van der Waals surface area contributed by atoms with Crippen molar-refractivity contribution in [2.24, 2.45) is 5.73 Å². The maximum Gasteiger partial charge on any atom is 0.268 e. The summed E-state index contributed by atoms with van der Waals surface area (Å²) in [5.41, 5.74) is 6.06. The Morgan fingerprint density at radius 1 is 1.33 bits per heavy atom. The van der Waals surface area contributed by atoms with Crippen LogP contribution in [0.1, 0.15) is 29.3 Å². The molecule has 8 nitrogen and oxygen atoms in total. The van der Waals surface area contributed by atoms with Crippen molar-refractivity contribution in [1.29, 1.82) is 0 Å². The first-order chi connectivity index (χ1) is 10.1. The summed E-state index contributed by atoms with van der Waals surface area (Å²) in [6.07, 6.45) is 4.73. The molecule has 0 aliphatic heterocycles. The molecule has 0 radical (unpaired) electrons. The molecule has 21 heavy (non-hydrogen) atoms. The van der Waals surface area contributed by atoms with Crippen molar-refractivity contribution in [3.63, 3.8) is 0 Å². The third kappa shape index (κ3) is 2.50. The second kappa shape index (κ2) is 5.16. The molecule has 0 aliphatic rings. The lowest BCUT2D eigenvalue weighted by atomic mass is 10.3. The van der Waals surface area contributed by atoms with Crippen molar-refractivity contribution in [2.45, 2.75) is 13.0 Å². The molecule has 1 amide bonds. The van der Waals surface area contributed by atoms with Crippen LogP contribution < -0.4 is 11.1 Å². The molecule has 0 saturated carbocycles.